The number of carbonyl (C=O) groups is 1. The number of aromatic nitrogens is 1. The summed E-state index contributed by atoms with van der Waals surface area (Å²) in [5.41, 5.74) is 6.29. The molecule has 1 fully saturated rings. The van der Waals surface area contributed by atoms with E-state index >= 15 is 0 Å². The van der Waals surface area contributed by atoms with Crippen LogP contribution in [0, 0.1) is 20.8 Å². The molecule has 0 saturated heterocycles. The highest BCUT2D eigenvalue weighted by Gasteiger charge is 2.24. The Morgan fingerprint density at radius 1 is 1.12 bits per heavy atom. The van der Waals surface area contributed by atoms with Crippen molar-refractivity contribution in [1.82, 2.24) is 10.3 Å². The van der Waals surface area contributed by atoms with Crippen molar-refractivity contribution in [3.05, 3.63) is 62.1 Å². The van der Waals surface area contributed by atoms with E-state index in [0.29, 0.717) is 23.1 Å². The van der Waals surface area contributed by atoms with Crippen LogP contribution in [0.3, 0.4) is 0 Å². The summed E-state index contributed by atoms with van der Waals surface area (Å²) in [7, 11) is 0. The van der Waals surface area contributed by atoms with E-state index in [9.17, 15) is 9.59 Å². The van der Waals surface area contributed by atoms with E-state index < -0.39 is 0 Å². The Bertz CT molecular complexity index is 1020. The van der Waals surface area contributed by atoms with Gasteiger partial charge >= 0.3 is 0 Å². The fourth-order valence-electron chi connectivity index (χ4n) is 4.97. The summed E-state index contributed by atoms with van der Waals surface area (Å²) in [6.45, 7) is 13.5. The van der Waals surface area contributed by atoms with Gasteiger partial charge < -0.3 is 15.2 Å². The second-order valence-corrected chi connectivity index (χ2v) is 9.57. The summed E-state index contributed by atoms with van der Waals surface area (Å²) in [5, 5.41) is 3.01. The maximum absolute atomic E-state index is 13.3. The van der Waals surface area contributed by atoms with Crippen LogP contribution in [0.5, 0.6) is 0 Å². The average molecular weight is 438 g/mol. The number of nitrogens with zero attached hydrogens (tertiary/aromatic N) is 1. The molecule has 0 unspecified atom stereocenters. The molecule has 1 aliphatic carbocycles. The molecule has 1 heterocycles. The minimum atomic E-state index is -0.134. The molecule has 174 valence electrons. The normalized spacial score (nSPS) is 14.6. The lowest BCUT2D eigenvalue weighted by atomic mass is 9.91. The van der Waals surface area contributed by atoms with Gasteiger partial charge in [0.2, 0.25) is 0 Å². The Hall–Kier alpha value is -2.56. The van der Waals surface area contributed by atoms with E-state index in [2.05, 4.69) is 49.0 Å². The first-order valence-corrected chi connectivity index (χ1v) is 12.1. The molecule has 0 radical (unpaired) electrons. The van der Waals surface area contributed by atoms with Crippen molar-refractivity contribution in [2.24, 2.45) is 0 Å². The number of aryl methyl sites for hydroxylation is 2. The summed E-state index contributed by atoms with van der Waals surface area (Å²) in [6.07, 6.45) is 6.32. The Labute approximate surface area is 192 Å². The zero-order chi connectivity index (χ0) is 23.4. The fourth-order valence-corrected chi connectivity index (χ4v) is 4.97. The van der Waals surface area contributed by atoms with Crippen molar-refractivity contribution in [2.75, 3.05) is 11.4 Å². The van der Waals surface area contributed by atoms with Crippen LogP contribution in [0.25, 0.3) is 0 Å². The van der Waals surface area contributed by atoms with E-state index in [0.717, 1.165) is 23.4 Å². The lowest BCUT2D eigenvalue weighted by Crippen LogP contribution is -2.37. The molecule has 1 aromatic heterocycles. The first-order valence-electron chi connectivity index (χ1n) is 12.1. The van der Waals surface area contributed by atoms with E-state index in [1.165, 1.54) is 43.4 Å². The second kappa shape index (κ2) is 10.4. The standard InChI is InChI=1S/C27H39N3O2/c1-7-30(22-11-9-8-10-12-22)25-15-21(17(2)3)14-23(20(25)6)26(31)28-16-24-18(4)13-19(5)29-27(24)32/h13-15,17,22H,7-12,16H2,1-6H3,(H,28,31)(H,29,32). The summed E-state index contributed by atoms with van der Waals surface area (Å²) in [5.74, 6) is 0.207. The van der Waals surface area contributed by atoms with Gasteiger partial charge in [0.05, 0.1) is 0 Å². The average Bonchev–Trinajstić information content (AvgIpc) is 2.75. The van der Waals surface area contributed by atoms with E-state index in [-0.39, 0.29) is 18.0 Å². The van der Waals surface area contributed by atoms with Gasteiger partial charge in [0.1, 0.15) is 0 Å². The van der Waals surface area contributed by atoms with Crippen molar-refractivity contribution in [1.29, 1.82) is 0 Å². The smallest absolute Gasteiger partial charge is 0.253 e. The van der Waals surface area contributed by atoms with Crippen molar-refractivity contribution in [3.63, 3.8) is 0 Å². The first-order chi connectivity index (χ1) is 15.2. The van der Waals surface area contributed by atoms with Crippen molar-refractivity contribution in [3.8, 4) is 0 Å². The summed E-state index contributed by atoms with van der Waals surface area (Å²) < 4.78 is 0. The number of anilines is 1. The third kappa shape index (κ3) is 5.25. The number of pyridine rings is 1. The van der Waals surface area contributed by atoms with Gasteiger partial charge in [-0.3, -0.25) is 9.59 Å². The molecule has 5 heteroatoms. The number of H-pyrrole nitrogens is 1. The minimum absolute atomic E-state index is 0.120. The SMILES string of the molecule is CCN(c1cc(C(C)C)cc(C(=O)NCc2c(C)cc(C)[nH]c2=O)c1C)C1CCCCC1. The van der Waals surface area contributed by atoms with Crippen LogP contribution in [-0.2, 0) is 6.54 Å². The third-order valence-electron chi connectivity index (χ3n) is 6.90. The molecule has 1 saturated carbocycles. The van der Waals surface area contributed by atoms with Crippen molar-refractivity contribution >= 4 is 11.6 Å². The summed E-state index contributed by atoms with van der Waals surface area (Å²) >= 11 is 0. The van der Waals surface area contributed by atoms with Crippen LogP contribution in [0.2, 0.25) is 0 Å². The molecule has 1 aromatic carbocycles. The van der Waals surface area contributed by atoms with Crippen LogP contribution < -0.4 is 15.8 Å². The highest BCUT2D eigenvalue weighted by Crippen LogP contribution is 2.33. The highest BCUT2D eigenvalue weighted by molar-refractivity contribution is 5.97. The molecule has 2 aromatic rings. The first kappa shape index (κ1) is 24.1. The molecular formula is C27H39N3O2. The molecule has 1 aliphatic rings. The number of carbonyl (C=O) groups excluding carboxylic acids is 1. The lowest BCUT2D eigenvalue weighted by molar-refractivity contribution is 0.0950. The van der Waals surface area contributed by atoms with Gasteiger partial charge in [0.25, 0.3) is 11.5 Å². The quantitative estimate of drug-likeness (QED) is 0.600. The molecule has 32 heavy (non-hydrogen) atoms. The molecule has 0 atom stereocenters. The molecule has 5 nitrogen and oxygen atoms in total. The lowest BCUT2D eigenvalue weighted by Gasteiger charge is -2.37. The zero-order valence-electron chi connectivity index (χ0n) is 20.6. The molecule has 0 spiro atoms. The summed E-state index contributed by atoms with van der Waals surface area (Å²) in [6, 6.07) is 6.79. The van der Waals surface area contributed by atoms with Crippen LogP contribution >= 0.6 is 0 Å². The van der Waals surface area contributed by atoms with E-state index in [4.69, 9.17) is 0 Å². The molecule has 0 bridgehead atoms. The number of hydrogen-bond donors (Lipinski definition) is 2. The number of amides is 1. The fraction of sp³-hybridized carbons (Fsp3) is 0.556. The Morgan fingerprint density at radius 2 is 1.81 bits per heavy atom. The maximum atomic E-state index is 13.3. The molecule has 2 N–H and O–H groups in total. The highest BCUT2D eigenvalue weighted by atomic mass is 16.1. The minimum Gasteiger partial charge on any atom is -0.369 e. The predicted molar refractivity (Wildman–Crippen MR) is 133 cm³/mol. The van der Waals surface area contributed by atoms with Crippen LogP contribution in [0.1, 0.15) is 97.1 Å². The van der Waals surface area contributed by atoms with E-state index in [1.54, 1.807) is 0 Å². The van der Waals surface area contributed by atoms with Crippen LogP contribution in [0.4, 0.5) is 5.69 Å². The number of nitrogens with one attached hydrogen (secondary N) is 2. The van der Waals surface area contributed by atoms with Gasteiger partial charge in [-0.15, -0.1) is 0 Å². The van der Waals surface area contributed by atoms with Crippen LogP contribution in [-0.4, -0.2) is 23.5 Å². The van der Waals surface area contributed by atoms with Crippen molar-refractivity contribution < 1.29 is 4.79 Å². The van der Waals surface area contributed by atoms with Gasteiger partial charge in [-0.2, -0.15) is 0 Å². The van der Waals surface area contributed by atoms with Gasteiger partial charge in [0, 0.05) is 41.6 Å². The Balaban J connectivity index is 1.93. The van der Waals surface area contributed by atoms with Crippen LogP contribution in [0.15, 0.2) is 23.0 Å². The number of hydrogen-bond acceptors (Lipinski definition) is 3. The predicted octanol–water partition coefficient (Wildman–Crippen LogP) is 5.51. The molecule has 3 rings (SSSR count). The topological polar surface area (TPSA) is 65.2 Å². The Morgan fingerprint density at radius 3 is 2.41 bits per heavy atom. The molecule has 1 amide bonds. The van der Waals surface area contributed by atoms with E-state index in [1.807, 2.05) is 26.0 Å². The largest absolute Gasteiger partial charge is 0.369 e. The van der Waals surface area contributed by atoms with Gasteiger partial charge in [-0.25, -0.2) is 0 Å². The number of rotatable bonds is 7. The number of benzene rings is 1. The maximum Gasteiger partial charge on any atom is 0.253 e. The summed E-state index contributed by atoms with van der Waals surface area (Å²) in [4.78, 5) is 31.0. The molecular weight excluding hydrogens is 398 g/mol. The Kier molecular flexibility index (Phi) is 7.81. The van der Waals surface area contributed by atoms with Gasteiger partial charge in [-0.05, 0) is 81.3 Å². The van der Waals surface area contributed by atoms with Crippen molar-refractivity contribution in [2.45, 2.75) is 92.2 Å². The third-order valence-corrected chi connectivity index (χ3v) is 6.90. The second-order valence-electron chi connectivity index (χ2n) is 9.57. The molecule has 0 aliphatic heterocycles. The zero-order valence-corrected chi connectivity index (χ0v) is 20.6. The number of aromatic amines is 1. The van der Waals surface area contributed by atoms with Gasteiger partial charge in [-0.1, -0.05) is 33.1 Å². The van der Waals surface area contributed by atoms with Gasteiger partial charge in [0.15, 0.2) is 0 Å². The monoisotopic (exact) mass is 437 g/mol.